The van der Waals surface area contributed by atoms with Gasteiger partial charge in [0, 0.05) is 56.9 Å². The topological polar surface area (TPSA) is 158 Å². The van der Waals surface area contributed by atoms with Crippen LogP contribution >= 0.6 is 0 Å². The van der Waals surface area contributed by atoms with Gasteiger partial charge in [-0.25, -0.2) is 0 Å². The highest BCUT2D eigenvalue weighted by Gasteiger charge is 2.46. The van der Waals surface area contributed by atoms with Gasteiger partial charge in [0.05, 0.1) is 22.2 Å². The first-order valence-electron chi connectivity index (χ1n) is 19.5. The number of nitrogens with one attached hydrogen (secondary N) is 6. The third-order valence-electron chi connectivity index (χ3n) is 9.66. The van der Waals surface area contributed by atoms with Crippen molar-refractivity contribution in [3.63, 3.8) is 0 Å². The van der Waals surface area contributed by atoms with E-state index in [2.05, 4.69) is 111 Å². The quantitative estimate of drug-likeness (QED) is 0.108. The van der Waals surface area contributed by atoms with Crippen LogP contribution < -0.4 is 31.9 Å². The fourth-order valence-electron chi connectivity index (χ4n) is 7.87. The molecule has 15 heteroatoms. The minimum Gasteiger partial charge on any atom is -0.354 e. The largest absolute Gasteiger partial charge is 0.354 e. The Kier molecular flexibility index (Phi) is 14.5. The molecule has 0 aliphatic carbocycles. The van der Waals surface area contributed by atoms with E-state index in [0.29, 0.717) is 50.6 Å². The van der Waals surface area contributed by atoms with Crippen molar-refractivity contribution in [2.24, 2.45) is 0 Å². The Morgan fingerprint density at radius 2 is 1.02 bits per heavy atom. The molecule has 0 aromatic carbocycles. The van der Waals surface area contributed by atoms with Crippen LogP contribution in [-0.4, -0.2) is 166 Å². The molecule has 3 rings (SSSR count). The van der Waals surface area contributed by atoms with Crippen molar-refractivity contribution in [3.05, 3.63) is 0 Å². The number of piperazine rings is 2. The van der Waals surface area contributed by atoms with E-state index in [1.165, 1.54) is 0 Å². The number of amides is 2. The molecule has 2 fully saturated rings. The lowest BCUT2D eigenvalue weighted by molar-refractivity contribution is -0.144. The van der Waals surface area contributed by atoms with Gasteiger partial charge < -0.3 is 40.9 Å². The molecule has 2 aliphatic rings. The monoisotopic (exact) mass is 746 g/mol. The number of anilines is 3. The second kappa shape index (κ2) is 17.3. The van der Waals surface area contributed by atoms with Crippen LogP contribution in [0.4, 0.5) is 17.8 Å². The smallest absolute Gasteiger partial charge is 0.242 e. The van der Waals surface area contributed by atoms with Gasteiger partial charge in [0.25, 0.3) is 0 Å². The minimum atomic E-state index is -0.669. The lowest BCUT2D eigenvalue weighted by Crippen LogP contribution is -2.71. The predicted molar refractivity (Wildman–Crippen MR) is 218 cm³/mol. The van der Waals surface area contributed by atoms with Crippen molar-refractivity contribution in [2.75, 3.05) is 103 Å². The number of carbonyl (C=O) groups excluding carboxylic acids is 2. The molecule has 2 saturated heterocycles. The van der Waals surface area contributed by atoms with Crippen LogP contribution in [0.25, 0.3) is 0 Å². The van der Waals surface area contributed by atoms with Crippen LogP contribution in [-0.2, 0) is 9.59 Å². The molecule has 304 valence electrons. The number of aromatic nitrogens is 3. The molecule has 0 bridgehead atoms. The molecule has 15 nitrogen and oxygen atoms in total. The molecule has 2 aliphatic heterocycles. The van der Waals surface area contributed by atoms with Crippen molar-refractivity contribution in [3.8, 4) is 0 Å². The van der Waals surface area contributed by atoms with Gasteiger partial charge in [-0.05, 0) is 137 Å². The summed E-state index contributed by atoms with van der Waals surface area (Å²) >= 11 is 0. The fraction of sp³-hybridized carbons (Fsp3) is 0.868. The Bertz CT molecular complexity index is 1300. The van der Waals surface area contributed by atoms with Gasteiger partial charge in [-0.2, -0.15) is 15.0 Å². The van der Waals surface area contributed by atoms with Crippen molar-refractivity contribution in [2.45, 2.75) is 129 Å². The highest BCUT2D eigenvalue weighted by Crippen LogP contribution is 2.27. The average Bonchev–Trinajstić information content (AvgIpc) is 2.97. The zero-order valence-electron chi connectivity index (χ0n) is 35.9. The molecular formula is C38H75N13O2. The molecule has 2 amide bonds. The Balaban J connectivity index is 1.76. The number of carbonyl (C=O) groups is 2. The van der Waals surface area contributed by atoms with Crippen LogP contribution in [0.15, 0.2) is 0 Å². The van der Waals surface area contributed by atoms with E-state index in [-0.39, 0.29) is 22.9 Å². The third-order valence-corrected chi connectivity index (χ3v) is 9.66. The lowest BCUT2D eigenvalue weighted by Gasteiger charge is -2.49. The zero-order chi connectivity index (χ0) is 40.0. The number of hydrogen-bond donors (Lipinski definition) is 6. The van der Waals surface area contributed by atoms with Crippen LogP contribution in [0, 0.1) is 0 Å². The Labute approximate surface area is 321 Å². The van der Waals surface area contributed by atoms with Gasteiger partial charge in [0.15, 0.2) is 0 Å². The summed E-state index contributed by atoms with van der Waals surface area (Å²) in [6.07, 6.45) is 2.06. The van der Waals surface area contributed by atoms with E-state index in [4.69, 9.17) is 15.0 Å². The normalized spacial score (nSPS) is 19.9. The third kappa shape index (κ3) is 14.1. The molecule has 0 radical (unpaired) electrons. The Hall–Kier alpha value is -2.85. The van der Waals surface area contributed by atoms with Gasteiger partial charge in [-0.3, -0.25) is 20.2 Å². The molecule has 1 aromatic rings. The zero-order valence-corrected chi connectivity index (χ0v) is 35.9. The summed E-state index contributed by atoms with van der Waals surface area (Å²) in [6, 6.07) is 0. The first kappa shape index (κ1) is 44.5. The summed E-state index contributed by atoms with van der Waals surface area (Å²) in [5.74, 6) is 1.40. The number of nitrogens with zero attached hydrogens (tertiary/aromatic N) is 7. The van der Waals surface area contributed by atoms with E-state index < -0.39 is 22.2 Å². The average molecular weight is 746 g/mol. The SMILES string of the molecule is CNCCCN(C)CCN(C)CCCNc1nc(NC(C)(C)CN2CC(C)(C)NC(C)(C)C2=O)nc(NC(C)(C)CN2CC(C)(C)NC(C)(C)C2=O)n1. The Morgan fingerprint density at radius 1 is 0.642 bits per heavy atom. The van der Waals surface area contributed by atoms with Gasteiger partial charge in [-0.15, -0.1) is 0 Å². The molecule has 0 saturated carbocycles. The molecule has 0 unspecified atom stereocenters. The minimum absolute atomic E-state index is 0.0630. The standard InChI is InChI=1S/C38H75N13O2/c1-33(2,24-50-26-35(5,6)46-37(9,10)28(50)52)44-31-41-30(40-19-17-21-49(15)23-22-48(14)20-16-18-39-13)42-32(43-31)45-34(3,4)25-51-27-36(7,8)47-38(11,12)29(51)53/h39,46-47H,16-27H2,1-15H3,(H3,40,41,42,43,44,45). The maximum atomic E-state index is 13.5. The fourth-order valence-corrected chi connectivity index (χ4v) is 7.87. The summed E-state index contributed by atoms with van der Waals surface area (Å²) in [7, 11) is 6.33. The number of rotatable bonds is 20. The van der Waals surface area contributed by atoms with E-state index in [1.807, 2.05) is 44.5 Å². The highest BCUT2D eigenvalue weighted by molar-refractivity contribution is 5.87. The molecule has 1 aromatic heterocycles. The highest BCUT2D eigenvalue weighted by atomic mass is 16.2. The second-order valence-corrected chi connectivity index (χ2v) is 19.3. The maximum Gasteiger partial charge on any atom is 0.242 e. The predicted octanol–water partition coefficient (Wildman–Crippen LogP) is 2.51. The summed E-state index contributed by atoms with van der Waals surface area (Å²) in [6.45, 7) is 32.4. The maximum absolute atomic E-state index is 13.5. The van der Waals surface area contributed by atoms with Gasteiger partial charge in [0.1, 0.15) is 0 Å². The summed E-state index contributed by atoms with van der Waals surface area (Å²) in [4.78, 5) is 49.9. The Morgan fingerprint density at radius 3 is 1.42 bits per heavy atom. The number of hydrogen-bond acceptors (Lipinski definition) is 13. The molecule has 3 heterocycles. The number of likely N-dealkylation sites (N-methyl/N-ethyl adjacent to an activating group) is 2. The van der Waals surface area contributed by atoms with E-state index >= 15 is 0 Å². The van der Waals surface area contributed by atoms with Crippen LogP contribution in [0.3, 0.4) is 0 Å². The van der Waals surface area contributed by atoms with Crippen LogP contribution in [0.5, 0.6) is 0 Å². The molecule has 53 heavy (non-hydrogen) atoms. The van der Waals surface area contributed by atoms with Gasteiger partial charge in [-0.1, -0.05) is 0 Å². The van der Waals surface area contributed by atoms with Gasteiger partial charge in [0.2, 0.25) is 29.7 Å². The van der Waals surface area contributed by atoms with Crippen molar-refractivity contribution >= 4 is 29.7 Å². The molecule has 0 atom stereocenters. The first-order chi connectivity index (χ1) is 24.2. The van der Waals surface area contributed by atoms with Crippen LogP contribution in [0.2, 0.25) is 0 Å². The lowest BCUT2D eigenvalue weighted by atomic mass is 9.89. The molecule has 0 spiro atoms. The first-order valence-corrected chi connectivity index (χ1v) is 19.5. The van der Waals surface area contributed by atoms with E-state index in [0.717, 1.165) is 45.6 Å². The summed E-state index contributed by atoms with van der Waals surface area (Å²) in [5, 5.41) is 20.7. The van der Waals surface area contributed by atoms with Crippen molar-refractivity contribution in [1.82, 2.24) is 50.5 Å². The van der Waals surface area contributed by atoms with E-state index in [1.54, 1.807) is 0 Å². The van der Waals surface area contributed by atoms with Crippen LogP contribution in [0.1, 0.15) is 95.9 Å². The van der Waals surface area contributed by atoms with Gasteiger partial charge >= 0.3 is 0 Å². The van der Waals surface area contributed by atoms with Crippen molar-refractivity contribution in [1.29, 1.82) is 0 Å². The van der Waals surface area contributed by atoms with E-state index in [9.17, 15) is 9.59 Å². The van der Waals surface area contributed by atoms with Crippen molar-refractivity contribution < 1.29 is 9.59 Å². The summed E-state index contributed by atoms with van der Waals surface area (Å²) in [5.41, 5.74) is -2.91. The second-order valence-electron chi connectivity index (χ2n) is 19.3. The molecule has 6 N–H and O–H groups in total. The summed E-state index contributed by atoms with van der Waals surface area (Å²) < 4.78 is 0. The molecular weight excluding hydrogens is 671 g/mol.